The Morgan fingerprint density at radius 3 is 1.74 bits per heavy atom. The molecule has 2 aromatic carbocycles. The number of aryl methyl sites for hydroxylation is 2. The molecule has 11 heteroatoms. The van der Waals surface area contributed by atoms with Crippen molar-refractivity contribution in [3.8, 4) is 0 Å². The molecule has 34 heavy (non-hydrogen) atoms. The Bertz CT molecular complexity index is 1250. The zero-order valence-electron chi connectivity index (χ0n) is 17.9. The van der Waals surface area contributed by atoms with Gasteiger partial charge in [0, 0.05) is 6.07 Å². The summed E-state index contributed by atoms with van der Waals surface area (Å²) in [6, 6.07) is 26.9. The second-order valence-corrected chi connectivity index (χ2v) is 14.2. The molecule has 0 bridgehead atoms. The molecule has 4 aromatic rings. The van der Waals surface area contributed by atoms with Crippen LogP contribution in [-0.2, 0) is 21.0 Å². The van der Waals surface area contributed by atoms with Crippen LogP contribution < -0.4 is 0 Å². The molecule has 2 aromatic heterocycles. The van der Waals surface area contributed by atoms with Crippen molar-refractivity contribution in [2.75, 3.05) is 0 Å². The Balaban J connectivity index is 0.000000350. The summed E-state index contributed by atoms with van der Waals surface area (Å²) in [6.07, 6.45) is 0. The molecule has 0 N–H and O–H groups in total. The topological polar surface area (TPSA) is 57.2 Å². The first-order valence-corrected chi connectivity index (χ1v) is 14.8. The van der Waals surface area contributed by atoms with Crippen LogP contribution in [0.1, 0.15) is 11.1 Å². The first kappa shape index (κ1) is 26.8. The highest BCUT2D eigenvalue weighted by atomic mass is 32.2. The summed E-state index contributed by atoms with van der Waals surface area (Å²) < 4.78 is 63.0. The molecule has 2 heterocycles. The average Bonchev–Trinajstić information content (AvgIpc) is 3.43. The molecule has 3 nitrogen and oxygen atoms in total. The number of rotatable bonds is 5. The van der Waals surface area contributed by atoms with Crippen molar-refractivity contribution < 1.29 is 26.1 Å². The van der Waals surface area contributed by atoms with Crippen molar-refractivity contribution in [2.45, 2.75) is 41.8 Å². The summed E-state index contributed by atoms with van der Waals surface area (Å²) in [5.74, 6) is 0. The van der Waals surface area contributed by atoms with E-state index >= 15 is 0 Å². The fraction of sp³-hybridized carbons (Fsp3) is 0.130. The summed E-state index contributed by atoms with van der Waals surface area (Å²) in [5, 5.41) is 2.14. The van der Waals surface area contributed by atoms with E-state index in [-0.39, 0.29) is 10.9 Å². The smallest absolute Gasteiger partial charge is 0.485 e. The van der Waals surface area contributed by atoms with Crippen molar-refractivity contribution in [3.05, 3.63) is 89.3 Å². The monoisotopic (exact) mass is 560 g/mol. The van der Waals surface area contributed by atoms with Crippen LogP contribution in [0.4, 0.5) is 13.2 Å². The van der Waals surface area contributed by atoms with Crippen LogP contribution in [0.25, 0.3) is 0 Å². The Morgan fingerprint density at radius 1 is 0.824 bits per heavy atom. The zero-order chi connectivity index (χ0) is 24.9. The Kier molecular flexibility index (Phi) is 8.93. The molecule has 4 rings (SSSR count). The quantitative estimate of drug-likeness (QED) is 0.142. The molecule has 0 aliphatic carbocycles. The lowest BCUT2D eigenvalue weighted by molar-refractivity contribution is -0.0517. The van der Waals surface area contributed by atoms with Crippen LogP contribution in [-0.4, -0.2) is 18.5 Å². The lowest BCUT2D eigenvalue weighted by Crippen LogP contribution is -2.21. The van der Waals surface area contributed by atoms with Gasteiger partial charge >= 0.3 is 5.51 Å². The molecule has 0 atom stereocenters. The second kappa shape index (κ2) is 11.3. The average molecular weight is 561 g/mol. The molecular weight excluding hydrogens is 542 g/mol. The van der Waals surface area contributed by atoms with Gasteiger partial charge in [0.1, 0.15) is 10.9 Å². The first-order chi connectivity index (χ1) is 15.9. The summed E-state index contributed by atoms with van der Waals surface area (Å²) in [7, 11) is -6.14. The lowest BCUT2D eigenvalue weighted by Gasteiger charge is -2.08. The fourth-order valence-corrected chi connectivity index (χ4v) is 8.59. The van der Waals surface area contributed by atoms with E-state index in [1.54, 1.807) is 11.3 Å². The molecule has 0 aliphatic heterocycles. The van der Waals surface area contributed by atoms with Crippen LogP contribution in [0, 0.1) is 13.8 Å². The Hall–Kier alpha value is -1.76. The normalized spacial score (nSPS) is 11.9. The summed E-state index contributed by atoms with van der Waals surface area (Å²) in [5.41, 5.74) is -3.03. The van der Waals surface area contributed by atoms with Gasteiger partial charge in [0.15, 0.2) is 19.9 Å². The first-order valence-electron chi connectivity index (χ1n) is 9.65. The highest BCUT2D eigenvalue weighted by molar-refractivity contribution is 8.03. The third-order valence-corrected chi connectivity index (χ3v) is 10.6. The molecule has 0 fully saturated rings. The minimum Gasteiger partial charge on any atom is -0.741 e. The van der Waals surface area contributed by atoms with E-state index in [1.807, 2.05) is 23.1 Å². The summed E-state index contributed by atoms with van der Waals surface area (Å²) >= 11 is 5.59. The van der Waals surface area contributed by atoms with E-state index in [4.69, 9.17) is 13.0 Å². The van der Waals surface area contributed by atoms with Gasteiger partial charge in [-0.25, -0.2) is 8.42 Å². The number of hydrogen-bond acceptors (Lipinski definition) is 6. The molecule has 0 amide bonds. The highest BCUT2D eigenvalue weighted by Crippen LogP contribution is 2.41. The van der Waals surface area contributed by atoms with Gasteiger partial charge in [0.2, 0.25) is 4.21 Å². The maximum atomic E-state index is 10.7. The van der Waals surface area contributed by atoms with Crippen molar-refractivity contribution in [3.63, 3.8) is 0 Å². The van der Waals surface area contributed by atoms with Gasteiger partial charge in [-0.2, -0.15) is 13.2 Å². The van der Waals surface area contributed by atoms with Gasteiger partial charge in [-0.3, -0.25) is 0 Å². The Morgan fingerprint density at radius 2 is 1.32 bits per heavy atom. The maximum absolute atomic E-state index is 10.7. The molecule has 0 spiro atoms. The van der Waals surface area contributed by atoms with Crippen LogP contribution in [0.3, 0.4) is 0 Å². The number of hydrogen-bond donors (Lipinski definition) is 0. The molecular formula is C23H19F3O3S5. The van der Waals surface area contributed by atoms with Crippen molar-refractivity contribution in [2.24, 2.45) is 0 Å². The summed E-state index contributed by atoms with van der Waals surface area (Å²) in [4.78, 5) is 2.77. The van der Waals surface area contributed by atoms with Crippen molar-refractivity contribution in [1.82, 2.24) is 0 Å². The standard InChI is InChI=1S/C22H19S4.CHF3O3S/c1-16-5-9-18(10-6-16)26(19-11-7-17(2)8-12-19)22-14-13-21(25-22)24-20-4-3-15-23-20;2-1(3,4)8(5,6)7/h3-15H,1-2H3;(H,5,6,7)/q+1;/p-1. The number of thiophene rings is 2. The zero-order valence-corrected chi connectivity index (χ0v) is 22.0. The third kappa shape index (κ3) is 7.37. The second-order valence-electron chi connectivity index (χ2n) is 6.94. The Labute approximate surface area is 211 Å². The van der Waals surface area contributed by atoms with Crippen LogP contribution in [0.2, 0.25) is 0 Å². The van der Waals surface area contributed by atoms with E-state index in [0.717, 1.165) is 0 Å². The lowest BCUT2D eigenvalue weighted by atomic mass is 10.2. The van der Waals surface area contributed by atoms with E-state index in [1.165, 1.54) is 33.5 Å². The molecule has 0 saturated heterocycles. The van der Waals surface area contributed by atoms with Gasteiger partial charge in [-0.05, 0) is 55.6 Å². The van der Waals surface area contributed by atoms with Crippen LogP contribution in [0.5, 0.6) is 0 Å². The largest absolute Gasteiger partial charge is 0.741 e. The van der Waals surface area contributed by atoms with Crippen LogP contribution in [0.15, 0.2) is 101 Å². The van der Waals surface area contributed by atoms with Crippen molar-refractivity contribution >= 4 is 55.4 Å². The van der Waals surface area contributed by atoms with Gasteiger partial charge < -0.3 is 4.55 Å². The van der Waals surface area contributed by atoms with Crippen molar-refractivity contribution in [1.29, 1.82) is 0 Å². The van der Waals surface area contributed by atoms with Gasteiger partial charge in [0.25, 0.3) is 0 Å². The SMILES string of the molecule is Cc1ccc([S+](c2ccc(C)cc2)c2ccc(Sc3cccs3)s2)cc1.O=S(=O)([O-])C(F)(F)F. The van der Waals surface area contributed by atoms with Gasteiger partial charge in [-0.15, -0.1) is 11.3 Å². The predicted molar refractivity (Wildman–Crippen MR) is 133 cm³/mol. The summed E-state index contributed by atoms with van der Waals surface area (Å²) in [6.45, 7) is 4.30. The van der Waals surface area contributed by atoms with E-state index < -0.39 is 15.6 Å². The number of alkyl halides is 3. The molecule has 0 unspecified atom stereocenters. The number of halogens is 3. The van der Waals surface area contributed by atoms with Crippen LogP contribution >= 0.6 is 34.4 Å². The van der Waals surface area contributed by atoms with E-state index in [0.29, 0.717) is 0 Å². The minimum atomic E-state index is -6.09. The van der Waals surface area contributed by atoms with E-state index in [2.05, 4.69) is 92.0 Å². The highest BCUT2D eigenvalue weighted by Gasteiger charge is 2.37. The van der Waals surface area contributed by atoms with Gasteiger partial charge in [0.05, 0.1) is 8.42 Å². The predicted octanol–water partition coefficient (Wildman–Crippen LogP) is 7.72. The van der Waals surface area contributed by atoms with Gasteiger partial charge in [-0.1, -0.05) is 64.6 Å². The minimum absolute atomic E-state index is 0.0502. The maximum Gasteiger partial charge on any atom is 0.485 e. The third-order valence-electron chi connectivity index (χ3n) is 4.25. The number of benzene rings is 2. The van der Waals surface area contributed by atoms with E-state index in [9.17, 15) is 13.2 Å². The molecule has 0 radical (unpaired) electrons. The molecule has 0 aliphatic rings. The fourth-order valence-electron chi connectivity index (χ4n) is 2.61. The molecule has 180 valence electrons. The molecule has 0 saturated carbocycles.